The molecule has 4 nitrogen and oxygen atoms in total. The predicted octanol–water partition coefficient (Wildman–Crippen LogP) is 5.02. The summed E-state index contributed by atoms with van der Waals surface area (Å²) < 4.78 is 6.01. The molecule has 1 aromatic carbocycles. The maximum atomic E-state index is 12.0. The zero-order valence-corrected chi connectivity index (χ0v) is 15.3. The van der Waals surface area contributed by atoms with Crippen molar-refractivity contribution in [2.75, 3.05) is 0 Å². The lowest BCUT2D eigenvalue weighted by Crippen LogP contribution is -2.09. The number of phenolic OH excluding ortho intramolecular Hbond substituents is 1. The number of benzene rings is 1. The molecule has 2 aromatic rings. The lowest BCUT2D eigenvalue weighted by molar-refractivity contribution is 0.465. The summed E-state index contributed by atoms with van der Waals surface area (Å²) in [5, 5.41) is 19.9. The Morgan fingerprint density at radius 3 is 2.68 bits per heavy atom. The van der Waals surface area contributed by atoms with Crippen LogP contribution in [0.1, 0.15) is 43.7 Å². The van der Waals surface area contributed by atoms with Gasteiger partial charge < -0.3 is 9.52 Å². The fraction of sp³-hybridized carbons (Fsp3) is 0.375. The monoisotopic (exact) mass is 427 g/mol. The molecule has 0 radical (unpaired) electrons. The van der Waals surface area contributed by atoms with Crippen LogP contribution in [0.25, 0.3) is 11.0 Å². The first-order valence-corrected chi connectivity index (χ1v) is 8.66. The number of phenols is 1. The molecule has 1 aromatic heterocycles. The summed E-state index contributed by atoms with van der Waals surface area (Å²) >= 11 is 6.52. The molecule has 0 saturated carbocycles. The first kappa shape index (κ1) is 17.0. The number of fused-ring (bicyclic) bond motifs is 1. The van der Waals surface area contributed by atoms with Crippen molar-refractivity contribution in [2.24, 2.45) is 0 Å². The van der Waals surface area contributed by atoms with Crippen molar-refractivity contribution < 1.29 is 9.52 Å². The Morgan fingerprint density at radius 2 is 2.05 bits per heavy atom. The molecule has 0 aliphatic rings. The molecule has 2 rings (SSSR count). The predicted molar refractivity (Wildman–Crippen MR) is 92.1 cm³/mol. The van der Waals surface area contributed by atoms with Crippen LogP contribution >= 0.6 is 31.9 Å². The average molecular weight is 429 g/mol. The number of hydrogen-bond donors (Lipinski definition) is 1. The third kappa shape index (κ3) is 3.21. The molecule has 0 fully saturated rings. The second-order valence-electron chi connectivity index (χ2n) is 5.06. The minimum absolute atomic E-state index is 0.0303. The van der Waals surface area contributed by atoms with Crippen LogP contribution in [0.3, 0.4) is 0 Å². The average Bonchev–Trinajstić information content (AvgIpc) is 2.50. The normalized spacial score (nSPS) is 10.8. The third-order valence-corrected chi connectivity index (χ3v) is 4.91. The van der Waals surface area contributed by atoms with Crippen LogP contribution in [0.5, 0.6) is 5.75 Å². The van der Waals surface area contributed by atoms with Crippen molar-refractivity contribution in [3.63, 3.8) is 0 Å². The van der Waals surface area contributed by atoms with E-state index in [0.717, 1.165) is 25.7 Å². The molecule has 22 heavy (non-hydrogen) atoms. The number of nitrogens with zero attached hydrogens (tertiary/aromatic N) is 1. The number of unbranched alkanes of at least 4 members (excludes halogenated alkanes) is 3. The molecule has 0 bridgehead atoms. The van der Waals surface area contributed by atoms with Crippen molar-refractivity contribution in [3.05, 3.63) is 36.6 Å². The fourth-order valence-corrected chi connectivity index (χ4v) is 3.62. The van der Waals surface area contributed by atoms with E-state index in [4.69, 9.17) is 4.42 Å². The summed E-state index contributed by atoms with van der Waals surface area (Å²) in [7, 11) is 0. The Bertz CT molecular complexity index is 806. The molecule has 6 heteroatoms. The summed E-state index contributed by atoms with van der Waals surface area (Å²) in [5.41, 5.74) is 0.345. The van der Waals surface area contributed by atoms with Crippen molar-refractivity contribution in [3.8, 4) is 11.8 Å². The van der Waals surface area contributed by atoms with E-state index in [9.17, 15) is 15.2 Å². The molecule has 0 amide bonds. The molecule has 1 N–H and O–H groups in total. The van der Waals surface area contributed by atoms with Gasteiger partial charge in [0.05, 0.1) is 4.47 Å². The van der Waals surface area contributed by atoms with Gasteiger partial charge in [-0.3, -0.25) is 0 Å². The van der Waals surface area contributed by atoms with E-state index < -0.39 is 5.63 Å². The van der Waals surface area contributed by atoms with Gasteiger partial charge in [-0.15, -0.1) is 0 Å². The minimum atomic E-state index is -0.664. The summed E-state index contributed by atoms with van der Waals surface area (Å²) in [6.07, 6.45) is 4.82. The zero-order valence-electron chi connectivity index (χ0n) is 12.1. The van der Waals surface area contributed by atoms with E-state index in [2.05, 4.69) is 38.8 Å². The van der Waals surface area contributed by atoms with Crippen molar-refractivity contribution in [2.45, 2.75) is 39.0 Å². The molecule has 0 spiro atoms. The standard InChI is InChI=1S/C16H15Br2NO3/c1-2-3-4-5-6-9-10-7-12(17)14(20)13(18)15(10)22-16(21)11(9)8-19/h7,20H,2-6H2,1H3. The van der Waals surface area contributed by atoms with Crippen LogP contribution in [0.15, 0.2) is 24.2 Å². The second-order valence-corrected chi connectivity index (χ2v) is 6.71. The number of hydrogen-bond acceptors (Lipinski definition) is 4. The van der Waals surface area contributed by atoms with Crippen LogP contribution in [0, 0.1) is 11.3 Å². The van der Waals surface area contributed by atoms with Crippen LogP contribution < -0.4 is 5.63 Å². The smallest absolute Gasteiger partial charge is 0.354 e. The zero-order chi connectivity index (χ0) is 16.3. The highest BCUT2D eigenvalue weighted by Gasteiger charge is 2.19. The van der Waals surface area contributed by atoms with Gasteiger partial charge >= 0.3 is 5.63 Å². The summed E-state index contributed by atoms with van der Waals surface area (Å²) in [5.74, 6) is -0.0303. The largest absolute Gasteiger partial charge is 0.505 e. The maximum absolute atomic E-state index is 12.0. The molecule has 0 saturated heterocycles. The van der Waals surface area contributed by atoms with Gasteiger partial charge in [-0.1, -0.05) is 26.2 Å². The van der Waals surface area contributed by atoms with Crippen molar-refractivity contribution in [1.29, 1.82) is 5.26 Å². The topological polar surface area (TPSA) is 74.2 Å². The number of rotatable bonds is 5. The van der Waals surface area contributed by atoms with Gasteiger partial charge in [-0.2, -0.15) is 5.26 Å². The van der Waals surface area contributed by atoms with Gasteiger partial charge in [0, 0.05) is 5.39 Å². The highest BCUT2D eigenvalue weighted by molar-refractivity contribution is 9.11. The van der Waals surface area contributed by atoms with Gasteiger partial charge in [-0.25, -0.2) is 4.79 Å². The fourth-order valence-electron chi connectivity index (χ4n) is 2.42. The highest BCUT2D eigenvalue weighted by atomic mass is 79.9. The van der Waals surface area contributed by atoms with Gasteiger partial charge in [-0.05, 0) is 56.3 Å². The molecular weight excluding hydrogens is 414 g/mol. The lowest BCUT2D eigenvalue weighted by Gasteiger charge is -2.10. The number of aryl methyl sites for hydroxylation is 1. The lowest BCUT2D eigenvalue weighted by atomic mass is 9.99. The molecule has 0 atom stereocenters. The van der Waals surface area contributed by atoms with Crippen molar-refractivity contribution in [1.82, 2.24) is 0 Å². The maximum Gasteiger partial charge on any atom is 0.354 e. The summed E-state index contributed by atoms with van der Waals surface area (Å²) in [4.78, 5) is 12.0. The Hall–Kier alpha value is -1.32. The molecule has 0 aliphatic heterocycles. The van der Waals surface area contributed by atoms with E-state index in [-0.39, 0.29) is 16.9 Å². The Balaban J connectivity index is 2.64. The van der Waals surface area contributed by atoms with E-state index in [1.807, 2.05) is 6.07 Å². The van der Waals surface area contributed by atoms with Gasteiger partial charge in [0.1, 0.15) is 21.9 Å². The Morgan fingerprint density at radius 1 is 1.32 bits per heavy atom. The number of aromatic hydroxyl groups is 1. The SMILES string of the molecule is CCCCCCc1c(C#N)c(=O)oc2c(Br)c(O)c(Br)cc12. The molecule has 1 heterocycles. The second kappa shape index (κ2) is 7.30. The van der Waals surface area contributed by atoms with Crippen LogP contribution in [-0.4, -0.2) is 5.11 Å². The van der Waals surface area contributed by atoms with Gasteiger partial charge in [0.25, 0.3) is 0 Å². The van der Waals surface area contributed by atoms with Crippen molar-refractivity contribution >= 4 is 42.8 Å². The van der Waals surface area contributed by atoms with Crippen LogP contribution in [0.2, 0.25) is 0 Å². The minimum Gasteiger partial charge on any atom is -0.505 e. The first-order chi connectivity index (χ1) is 10.5. The van der Waals surface area contributed by atoms with E-state index in [1.54, 1.807) is 6.07 Å². The van der Waals surface area contributed by atoms with Crippen LogP contribution in [0.4, 0.5) is 0 Å². The third-order valence-electron chi connectivity index (χ3n) is 3.57. The van der Waals surface area contributed by atoms with Crippen LogP contribution in [-0.2, 0) is 6.42 Å². The molecule has 0 aliphatic carbocycles. The molecular formula is C16H15Br2NO3. The van der Waals surface area contributed by atoms with Gasteiger partial charge in [0.2, 0.25) is 0 Å². The van der Waals surface area contributed by atoms with Gasteiger partial charge in [0.15, 0.2) is 5.58 Å². The molecule has 116 valence electrons. The summed E-state index contributed by atoms with van der Waals surface area (Å²) in [6.45, 7) is 2.13. The number of halogens is 2. The Kier molecular flexibility index (Phi) is 5.65. The number of nitriles is 1. The molecule has 0 unspecified atom stereocenters. The quantitative estimate of drug-likeness (QED) is 0.536. The summed E-state index contributed by atoms with van der Waals surface area (Å²) in [6, 6.07) is 3.64. The highest BCUT2D eigenvalue weighted by Crippen LogP contribution is 2.39. The van der Waals surface area contributed by atoms with E-state index in [1.165, 1.54) is 0 Å². The van der Waals surface area contributed by atoms with E-state index >= 15 is 0 Å². The Labute approximate surface area is 145 Å². The first-order valence-electron chi connectivity index (χ1n) is 7.08. The van der Waals surface area contributed by atoms with E-state index in [0.29, 0.717) is 26.3 Å².